The van der Waals surface area contributed by atoms with E-state index in [0.717, 1.165) is 25.7 Å². The van der Waals surface area contributed by atoms with Crippen molar-refractivity contribution in [2.75, 3.05) is 13.2 Å². The van der Waals surface area contributed by atoms with Gasteiger partial charge in [0.2, 0.25) is 0 Å². The lowest BCUT2D eigenvalue weighted by atomic mass is 10.00. The van der Waals surface area contributed by atoms with Crippen molar-refractivity contribution in [3.05, 3.63) is 0 Å². The zero-order valence-corrected chi connectivity index (χ0v) is 9.49. The van der Waals surface area contributed by atoms with E-state index < -0.39 is 11.9 Å². The molecule has 1 heterocycles. The van der Waals surface area contributed by atoms with Crippen molar-refractivity contribution in [1.29, 1.82) is 0 Å². The molecule has 0 saturated carbocycles. The number of hydrogen-bond acceptors (Lipinski definition) is 3. The van der Waals surface area contributed by atoms with Gasteiger partial charge in [0.1, 0.15) is 0 Å². The van der Waals surface area contributed by atoms with Crippen LogP contribution in [-0.2, 0) is 14.3 Å². The van der Waals surface area contributed by atoms with Crippen molar-refractivity contribution < 1.29 is 14.3 Å². The van der Waals surface area contributed by atoms with Crippen LogP contribution in [0.2, 0.25) is 0 Å². The highest BCUT2D eigenvalue weighted by atomic mass is 16.5. The van der Waals surface area contributed by atoms with Crippen LogP contribution >= 0.6 is 0 Å². The van der Waals surface area contributed by atoms with Crippen LogP contribution in [0, 0.1) is 0 Å². The number of ether oxygens (including phenoxy) is 1. The first kappa shape index (κ1) is 12.0. The first-order valence-electron chi connectivity index (χ1n) is 5.68. The second-order valence-corrected chi connectivity index (χ2v) is 3.78. The Kier molecular flexibility index (Phi) is 4.59. The second-order valence-electron chi connectivity index (χ2n) is 3.78. The lowest BCUT2D eigenvalue weighted by Gasteiger charge is -2.34. The van der Waals surface area contributed by atoms with Gasteiger partial charge in [-0.3, -0.25) is 4.79 Å². The number of carbonyl (C=O) groups excluding carboxylic acids is 2. The third-order valence-electron chi connectivity index (χ3n) is 2.81. The van der Waals surface area contributed by atoms with Gasteiger partial charge in [0.15, 0.2) is 0 Å². The topological polar surface area (TPSA) is 46.6 Å². The van der Waals surface area contributed by atoms with Crippen molar-refractivity contribution in [2.24, 2.45) is 0 Å². The van der Waals surface area contributed by atoms with E-state index in [1.165, 1.54) is 0 Å². The van der Waals surface area contributed by atoms with Gasteiger partial charge in [0.25, 0.3) is 0 Å². The molecular formula is C11H19NO3. The van der Waals surface area contributed by atoms with E-state index in [1.54, 1.807) is 11.8 Å². The molecule has 15 heavy (non-hydrogen) atoms. The highest BCUT2D eigenvalue weighted by Gasteiger charge is 2.30. The Bertz CT molecular complexity index is 240. The second kappa shape index (κ2) is 5.73. The zero-order valence-electron chi connectivity index (χ0n) is 9.49. The number of carbonyl (C=O) groups is 2. The number of piperidine rings is 1. The summed E-state index contributed by atoms with van der Waals surface area (Å²) in [6.45, 7) is 4.70. The monoisotopic (exact) mass is 213 g/mol. The summed E-state index contributed by atoms with van der Waals surface area (Å²) in [5.74, 6) is -1.18. The Morgan fingerprint density at radius 2 is 2.07 bits per heavy atom. The summed E-state index contributed by atoms with van der Waals surface area (Å²) < 4.78 is 4.72. The van der Waals surface area contributed by atoms with Crippen LogP contribution in [0.15, 0.2) is 0 Å². The number of amides is 1. The predicted octanol–water partition coefficient (Wildman–Crippen LogP) is 1.34. The van der Waals surface area contributed by atoms with Gasteiger partial charge < -0.3 is 9.64 Å². The first-order valence-corrected chi connectivity index (χ1v) is 5.68. The molecule has 0 radical (unpaired) electrons. The average molecular weight is 213 g/mol. The van der Waals surface area contributed by atoms with Gasteiger partial charge in [-0.05, 0) is 32.6 Å². The normalized spacial score (nSPS) is 21.2. The third kappa shape index (κ3) is 2.94. The quantitative estimate of drug-likeness (QED) is 0.513. The number of hydrogen-bond donors (Lipinski definition) is 0. The zero-order chi connectivity index (χ0) is 11.3. The molecule has 0 spiro atoms. The van der Waals surface area contributed by atoms with Crippen molar-refractivity contribution >= 4 is 11.9 Å². The summed E-state index contributed by atoms with van der Waals surface area (Å²) >= 11 is 0. The van der Waals surface area contributed by atoms with Crippen molar-refractivity contribution in [3.8, 4) is 0 Å². The molecule has 0 N–H and O–H groups in total. The summed E-state index contributed by atoms with van der Waals surface area (Å²) in [7, 11) is 0. The van der Waals surface area contributed by atoms with Crippen LogP contribution in [0.4, 0.5) is 0 Å². The maximum atomic E-state index is 11.7. The van der Waals surface area contributed by atoms with Crippen molar-refractivity contribution in [1.82, 2.24) is 4.90 Å². The molecule has 0 unspecified atom stereocenters. The van der Waals surface area contributed by atoms with Gasteiger partial charge in [-0.25, -0.2) is 4.79 Å². The van der Waals surface area contributed by atoms with Gasteiger partial charge in [0, 0.05) is 12.6 Å². The fraction of sp³-hybridized carbons (Fsp3) is 0.818. The number of rotatable bonds is 2. The molecule has 86 valence electrons. The fourth-order valence-electron chi connectivity index (χ4n) is 2.00. The van der Waals surface area contributed by atoms with E-state index in [9.17, 15) is 9.59 Å². The van der Waals surface area contributed by atoms with Gasteiger partial charge in [-0.2, -0.15) is 0 Å². The molecule has 4 nitrogen and oxygen atoms in total. The summed E-state index contributed by atoms with van der Waals surface area (Å²) in [6.07, 6.45) is 4.04. The maximum absolute atomic E-state index is 11.7. The van der Waals surface area contributed by atoms with Crippen LogP contribution in [0.25, 0.3) is 0 Å². The number of nitrogens with zero attached hydrogens (tertiary/aromatic N) is 1. The van der Waals surface area contributed by atoms with E-state index in [0.29, 0.717) is 6.54 Å². The summed E-state index contributed by atoms with van der Waals surface area (Å²) in [6, 6.07) is 0.218. The molecule has 0 bridgehead atoms. The van der Waals surface area contributed by atoms with E-state index in [4.69, 9.17) is 4.74 Å². The predicted molar refractivity (Wildman–Crippen MR) is 56.3 cm³/mol. The van der Waals surface area contributed by atoms with Crippen LogP contribution in [-0.4, -0.2) is 36.0 Å². The Labute approximate surface area is 90.6 Å². The molecule has 0 aromatic rings. The smallest absolute Gasteiger partial charge is 0.397 e. The molecule has 1 aliphatic heterocycles. The number of esters is 1. The van der Waals surface area contributed by atoms with Crippen LogP contribution in [0.5, 0.6) is 0 Å². The minimum absolute atomic E-state index is 0.218. The van der Waals surface area contributed by atoms with E-state index in [2.05, 4.69) is 0 Å². The molecular weight excluding hydrogens is 194 g/mol. The van der Waals surface area contributed by atoms with Gasteiger partial charge >= 0.3 is 11.9 Å². The molecule has 0 aromatic carbocycles. The van der Waals surface area contributed by atoms with E-state index in [1.807, 2.05) is 6.92 Å². The van der Waals surface area contributed by atoms with E-state index >= 15 is 0 Å². The highest BCUT2D eigenvalue weighted by Crippen LogP contribution is 2.19. The molecule has 1 rings (SSSR count). The molecule has 0 aromatic heterocycles. The SMILES string of the molecule is CCOC(=O)C(=O)N1CCCC[C@H]1CC. The van der Waals surface area contributed by atoms with E-state index in [-0.39, 0.29) is 12.6 Å². The maximum Gasteiger partial charge on any atom is 0.397 e. The standard InChI is InChI=1S/C11H19NO3/c1-3-9-7-5-6-8-12(9)10(13)11(14)15-4-2/h9H,3-8H2,1-2H3/t9-/m1/s1. The molecule has 4 heteroatoms. The molecule has 1 fully saturated rings. The van der Waals surface area contributed by atoms with Gasteiger partial charge in [-0.15, -0.1) is 0 Å². The summed E-state index contributed by atoms with van der Waals surface area (Å²) in [5, 5.41) is 0. The highest BCUT2D eigenvalue weighted by molar-refractivity contribution is 6.32. The third-order valence-corrected chi connectivity index (χ3v) is 2.81. The first-order chi connectivity index (χ1) is 7.20. The Balaban J connectivity index is 2.59. The molecule has 1 saturated heterocycles. The summed E-state index contributed by atoms with van der Waals surface area (Å²) in [4.78, 5) is 24.7. The summed E-state index contributed by atoms with van der Waals surface area (Å²) in [5.41, 5.74) is 0. The Morgan fingerprint density at radius 3 is 2.67 bits per heavy atom. The van der Waals surface area contributed by atoms with Gasteiger partial charge in [0.05, 0.1) is 6.61 Å². The largest absolute Gasteiger partial charge is 0.459 e. The average Bonchev–Trinajstić information content (AvgIpc) is 2.28. The van der Waals surface area contributed by atoms with Crippen LogP contribution < -0.4 is 0 Å². The Morgan fingerprint density at radius 1 is 1.33 bits per heavy atom. The lowest BCUT2D eigenvalue weighted by molar-refractivity contribution is -0.161. The number of likely N-dealkylation sites (tertiary alicyclic amines) is 1. The lowest BCUT2D eigenvalue weighted by Crippen LogP contribution is -2.47. The van der Waals surface area contributed by atoms with Gasteiger partial charge in [-0.1, -0.05) is 6.92 Å². The fourth-order valence-corrected chi connectivity index (χ4v) is 2.00. The molecule has 0 aliphatic carbocycles. The minimum atomic E-state index is -0.710. The molecule has 1 amide bonds. The van der Waals surface area contributed by atoms with Crippen molar-refractivity contribution in [2.45, 2.75) is 45.6 Å². The minimum Gasteiger partial charge on any atom is -0.459 e. The molecule has 1 atom stereocenters. The molecule has 1 aliphatic rings. The Hall–Kier alpha value is -1.06. The van der Waals surface area contributed by atoms with Crippen molar-refractivity contribution in [3.63, 3.8) is 0 Å². The van der Waals surface area contributed by atoms with Crippen LogP contribution in [0.3, 0.4) is 0 Å². The van der Waals surface area contributed by atoms with Crippen LogP contribution in [0.1, 0.15) is 39.5 Å².